The molecule has 1 aliphatic heterocycles. The molecule has 3 aromatic heterocycles. The highest BCUT2D eigenvalue weighted by Gasteiger charge is 2.56. The highest BCUT2D eigenvalue weighted by atomic mass is 19.1. The fraction of sp³-hybridized carbons (Fsp3) is 0.364. The van der Waals surface area contributed by atoms with Gasteiger partial charge in [0.1, 0.15) is 5.75 Å². The Morgan fingerprint density at radius 3 is 2.48 bits per heavy atom. The Kier molecular flexibility index (Phi) is 4.58. The number of halogens is 1. The molecule has 5 rings (SSSR count). The third-order valence-corrected chi connectivity index (χ3v) is 5.98. The summed E-state index contributed by atoms with van der Waals surface area (Å²) in [5.41, 5.74) is 2.18. The van der Waals surface area contributed by atoms with Crippen molar-refractivity contribution in [1.82, 2.24) is 19.9 Å². The number of anilines is 1. The fourth-order valence-electron chi connectivity index (χ4n) is 4.15. The summed E-state index contributed by atoms with van der Waals surface area (Å²) in [5, 5.41) is 0. The third kappa shape index (κ3) is 3.52. The lowest BCUT2D eigenvalue weighted by atomic mass is 10.2. The van der Waals surface area contributed by atoms with E-state index >= 15 is 0 Å². The molecule has 2 atom stereocenters. The number of piperidine rings is 1. The lowest BCUT2D eigenvalue weighted by Gasteiger charge is -2.19. The van der Waals surface area contributed by atoms with Crippen LogP contribution >= 0.6 is 0 Å². The standard InChI is InChI=1S/C22H22FN5O/c1-2-14-7-26-22(27-8-14)28-11-17-18(12-28)19(17)13-29-15-3-4-21(25-9-15)16-5-6-24-10-20(16)23/h3-10,17-19H,2,11-13H2,1H3. The molecule has 2 fully saturated rings. The van der Waals surface area contributed by atoms with Crippen molar-refractivity contribution in [1.29, 1.82) is 0 Å². The lowest BCUT2D eigenvalue weighted by Crippen LogP contribution is -2.27. The summed E-state index contributed by atoms with van der Waals surface area (Å²) in [7, 11) is 0. The molecule has 1 aliphatic carbocycles. The first-order valence-electron chi connectivity index (χ1n) is 9.97. The van der Waals surface area contributed by atoms with Gasteiger partial charge in [0.15, 0.2) is 5.82 Å². The molecule has 0 bridgehead atoms. The Morgan fingerprint density at radius 2 is 1.83 bits per heavy atom. The quantitative estimate of drug-likeness (QED) is 0.642. The molecule has 0 radical (unpaired) electrons. The van der Waals surface area contributed by atoms with Crippen LogP contribution in [0.4, 0.5) is 10.3 Å². The number of ether oxygens (including phenoxy) is 1. The van der Waals surface area contributed by atoms with E-state index in [0.717, 1.165) is 31.0 Å². The van der Waals surface area contributed by atoms with Crippen molar-refractivity contribution >= 4 is 5.95 Å². The second kappa shape index (κ2) is 7.39. The summed E-state index contributed by atoms with van der Waals surface area (Å²) in [6.07, 6.45) is 9.20. The Hall–Kier alpha value is -3.09. The van der Waals surface area contributed by atoms with Gasteiger partial charge >= 0.3 is 0 Å². The number of pyridine rings is 2. The predicted octanol–water partition coefficient (Wildman–Crippen LogP) is 3.40. The van der Waals surface area contributed by atoms with Gasteiger partial charge in [-0.25, -0.2) is 14.4 Å². The first kappa shape index (κ1) is 18.0. The number of rotatable bonds is 6. The molecule has 0 amide bonds. The molecule has 1 saturated heterocycles. The maximum Gasteiger partial charge on any atom is 0.225 e. The zero-order valence-corrected chi connectivity index (χ0v) is 16.2. The highest BCUT2D eigenvalue weighted by molar-refractivity contribution is 5.59. The summed E-state index contributed by atoms with van der Waals surface area (Å²) in [5.74, 6) is 3.02. The zero-order valence-electron chi connectivity index (χ0n) is 16.2. The summed E-state index contributed by atoms with van der Waals surface area (Å²) in [6, 6.07) is 5.24. The molecule has 0 aromatic carbocycles. The highest BCUT2D eigenvalue weighted by Crippen LogP contribution is 2.52. The minimum Gasteiger partial charge on any atom is -0.492 e. The van der Waals surface area contributed by atoms with E-state index in [-0.39, 0.29) is 5.82 Å². The van der Waals surface area contributed by atoms with Crippen LogP contribution in [-0.2, 0) is 6.42 Å². The van der Waals surface area contributed by atoms with Gasteiger partial charge in [0.25, 0.3) is 0 Å². The van der Waals surface area contributed by atoms with Gasteiger partial charge in [0.2, 0.25) is 5.95 Å². The SMILES string of the molecule is CCc1cnc(N2CC3C(COc4ccc(-c5ccncc5F)nc4)C3C2)nc1. The maximum absolute atomic E-state index is 13.8. The maximum atomic E-state index is 13.8. The average molecular weight is 391 g/mol. The first-order valence-corrected chi connectivity index (χ1v) is 9.97. The van der Waals surface area contributed by atoms with Crippen LogP contribution in [0.1, 0.15) is 12.5 Å². The molecule has 29 heavy (non-hydrogen) atoms. The summed E-state index contributed by atoms with van der Waals surface area (Å²) in [4.78, 5) is 19.3. The topological polar surface area (TPSA) is 64.0 Å². The molecule has 0 spiro atoms. The minimum absolute atomic E-state index is 0.377. The molecule has 6 nitrogen and oxygen atoms in total. The Bertz CT molecular complexity index is 983. The van der Waals surface area contributed by atoms with Gasteiger partial charge in [0, 0.05) is 43.2 Å². The predicted molar refractivity (Wildman–Crippen MR) is 107 cm³/mol. The van der Waals surface area contributed by atoms with Crippen LogP contribution in [0.15, 0.2) is 49.2 Å². The van der Waals surface area contributed by atoms with E-state index in [1.165, 1.54) is 6.20 Å². The van der Waals surface area contributed by atoms with Crippen molar-refractivity contribution in [2.75, 3.05) is 24.6 Å². The molecule has 4 heterocycles. The van der Waals surface area contributed by atoms with Crippen molar-refractivity contribution in [3.63, 3.8) is 0 Å². The van der Waals surface area contributed by atoms with Gasteiger partial charge in [-0.15, -0.1) is 0 Å². The largest absolute Gasteiger partial charge is 0.492 e. The van der Waals surface area contributed by atoms with Gasteiger partial charge in [-0.05, 0) is 42.0 Å². The van der Waals surface area contributed by atoms with Gasteiger partial charge < -0.3 is 9.64 Å². The van der Waals surface area contributed by atoms with Crippen LogP contribution in [0.25, 0.3) is 11.3 Å². The zero-order chi connectivity index (χ0) is 19.8. The Morgan fingerprint density at radius 1 is 1.03 bits per heavy atom. The molecule has 7 heteroatoms. The van der Waals surface area contributed by atoms with E-state index in [9.17, 15) is 4.39 Å². The van der Waals surface area contributed by atoms with Crippen molar-refractivity contribution < 1.29 is 9.13 Å². The molecular weight excluding hydrogens is 369 g/mol. The summed E-state index contributed by atoms with van der Waals surface area (Å²) < 4.78 is 19.8. The number of hydrogen-bond acceptors (Lipinski definition) is 6. The van der Waals surface area contributed by atoms with Crippen molar-refractivity contribution in [2.45, 2.75) is 13.3 Å². The second-order valence-electron chi connectivity index (χ2n) is 7.69. The normalized spacial score (nSPS) is 22.4. The summed E-state index contributed by atoms with van der Waals surface area (Å²) >= 11 is 0. The van der Waals surface area contributed by atoms with E-state index in [2.05, 4.69) is 31.8 Å². The smallest absolute Gasteiger partial charge is 0.225 e. The molecule has 1 saturated carbocycles. The van der Waals surface area contributed by atoms with E-state index < -0.39 is 0 Å². The molecule has 2 unspecified atom stereocenters. The monoisotopic (exact) mass is 391 g/mol. The number of aryl methyl sites for hydroxylation is 1. The third-order valence-electron chi connectivity index (χ3n) is 5.98. The van der Waals surface area contributed by atoms with E-state index in [0.29, 0.717) is 41.4 Å². The number of nitrogens with zero attached hydrogens (tertiary/aromatic N) is 5. The molecule has 148 valence electrons. The second-order valence-corrected chi connectivity index (χ2v) is 7.69. The number of fused-ring (bicyclic) bond motifs is 1. The van der Waals surface area contributed by atoms with Gasteiger partial charge in [0.05, 0.1) is 24.7 Å². The van der Waals surface area contributed by atoms with Crippen LogP contribution in [-0.4, -0.2) is 39.6 Å². The number of hydrogen-bond donors (Lipinski definition) is 0. The van der Waals surface area contributed by atoms with E-state index in [1.54, 1.807) is 24.5 Å². The lowest BCUT2D eigenvalue weighted by molar-refractivity contribution is 0.282. The van der Waals surface area contributed by atoms with E-state index in [1.807, 2.05) is 18.5 Å². The van der Waals surface area contributed by atoms with Crippen LogP contribution in [0, 0.1) is 23.6 Å². The average Bonchev–Trinajstić information content (AvgIpc) is 3.22. The van der Waals surface area contributed by atoms with E-state index in [4.69, 9.17) is 4.74 Å². The Labute approximate surface area is 168 Å². The Balaban J connectivity index is 1.14. The fourth-order valence-corrected chi connectivity index (χ4v) is 4.15. The van der Waals surface area contributed by atoms with Crippen LogP contribution in [0.3, 0.4) is 0 Å². The van der Waals surface area contributed by atoms with Crippen LogP contribution < -0.4 is 9.64 Å². The van der Waals surface area contributed by atoms with Crippen molar-refractivity contribution in [3.05, 3.63) is 60.6 Å². The van der Waals surface area contributed by atoms with Gasteiger partial charge in [-0.2, -0.15) is 0 Å². The molecule has 3 aromatic rings. The van der Waals surface area contributed by atoms with Gasteiger partial charge in [-0.3, -0.25) is 9.97 Å². The summed E-state index contributed by atoms with van der Waals surface area (Å²) in [6.45, 7) is 4.77. The number of aromatic nitrogens is 4. The van der Waals surface area contributed by atoms with Crippen LogP contribution in [0.5, 0.6) is 5.75 Å². The molecule has 2 aliphatic rings. The molecule has 0 N–H and O–H groups in total. The first-order chi connectivity index (χ1) is 14.2. The van der Waals surface area contributed by atoms with Crippen molar-refractivity contribution in [2.24, 2.45) is 17.8 Å². The minimum atomic E-state index is -0.377. The van der Waals surface area contributed by atoms with Gasteiger partial charge in [-0.1, -0.05) is 6.92 Å². The van der Waals surface area contributed by atoms with Crippen molar-refractivity contribution in [3.8, 4) is 17.0 Å². The molecular formula is C22H22FN5O. The van der Waals surface area contributed by atoms with Crippen LogP contribution in [0.2, 0.25) is 0 Å².